The second kappa shape index (κ2) is 21.6. The number of aliphatic hydroxyl groups excluding tert-OH is 1. The van der Waals surface area contributed by atoms with Gasteiger partial charge in [0.05, 0.1) is 6.10 Å². The molecule has 0 saturated heterocycles. The molecule has 0 heterocycles. The molecule has 0 spiro atoms. The lowest BCUT2D eigenvalue weighted by Gasteiger charge is -2.42. The standard InChI is InChI=1S/C37H66O3/c1-4-6-14-22-32-28-34-27-26-31(21-17-11-8-10-16-20-30(3)38)35(24-18-12-9-13-19-25-37(39)40)36(34)29-33(32)23-15-7-5-2/h26-27,29-35,38H,4-25,28H2,1-3H3,(H,39,40). The summed E-state index contributed by atoms with van der Waals surface area (Å²) >= 11 is 0. The monoisotopic (exact) mass is 559 g/mol. The average molecular weight is 559 g/mol. The van der Waals surface area contributed by atoms with Gasteiger partial charge >= 0.3 is 5.97 Å². The predicted octanol–water partition coefficient (Wildman–Crippen LogP) is 11.1. The lowest BCUT2D eigenvalue weighted by Crippen LogP contribution is -2.31. The SMILES string of the molecule is CCCCCC1C=C2C(C=CC(CCCCCCCC(C)O)C2CCCCCCCC(=O)O)CC1CCCCC. The van der Waals surface area contributed by atoms with Crippen molar-refractivity contribution in [1.82, 2.24) is 0 Å². The molecule has 2 N–H and O–H groups in total. The fourth-order valence-electron chi connectivity index (χ4n) is 7.53. The third-order valence-corrected chi connectivity index (χ3v) is 9.92. The van der Waals surface area contributed by atoms with Gasteiger partial charge in [-0.2, -0.15) is 0 Å². The minimum atomic E-state index is -0.656. The molecule has 0 aromatic rings. The summed E-state index contributed by atoms with van der Waals surface area (Å²) < 4.78 is 0. The molecule has 0 aromatic carbocycles. The van der Waals surface area contributed by atoms with Gasteiger partial charge in [-0.05, 0) is 81.5 Å². The van der Waals surface area contributed by atoms with Gasteiger partial charge in [0.2, 0.25) is 0 Å². The zero-order valence-electron chi connectivity index (χ0n) is 26.8. The minimum absolute atomic E-state index is 0.154. The van der Waals surface area contributed by atoms with Crippen LogP contribution < -0.4 is 0 Å². The number of carboxylic acids is 1. The van der Waals surface area contributed by atoms with Gasteiger partial charge < -0.3 is 10.2 Å². The molecule has 40 heavy (non-hydrogen) atoms. The first-order valence-electron chi connectivity index (χ1n) is 17.8. The molecule has 2 aliphatic rings. The number of fused-ring (bicyclic) bond motifs is 1. The number of aliphatic hydroxyl groups is 1. The highest BCUT2D eigenvalue weighted by Gasteiger charge is 2.37. The van der Waals surface area contributed by atoms with E-state index in [1.807, 2.05) is 12.5 Å². The van der Waals surface area contributed by atoms with E-state index in [4.69, 9.17) is 5.11 Å². The van der Waals surface area contributed by atoms with Crippen molar-refractivity contribution in [2.75, 3.05) is 0 Å². The van der Waals surface area contributed by atoms with Crippen LogP contribution in [0.3, 0.4) is 0 Å². The molecule has 0 fully saturated rings. The van der Waals surface area contributed by atoms with Gasteiger partial charge in [-0.15, -0.1) is 0 Å². The van der Waals surface area contributed by atoms with Crippen LogP contribution in [0.25, 0.3) is 0 Å². The van der Waals surface area contributed by atoms with Gasteiger partial charge in [0, 0.05) is 6.42 Å². The van der Waals surface area contributed by atoms with Crippen LogP contribution in [-0.2, 0) is 4.79 Å². The van der Waals surface area contributed by atoms with Crippen LogP contribution in [0.15, 0.2) is 23.8 Å². The maximum Gasteiger partial charge on any atom is 0.303 e. The second-order valence-electron chi connectivity index (χ2n) is 13.5. The molecule has 3 heteroatoms. The van der Waals surface area contributed by atoms with Crippen LogP contribution in [0.5, 0.6) is 0 Å². The quantitative estimate of drug-likeness (QED) is 0.0914. The number of rotatable bonds is 24. The number of carbonyl (C=O) groups is 1. The fourth-order valence-corrected chi connectivity index (χ4v) is 7.53. The van der Waals surface area contributed by atoms with Crippen molar-refractivity contribution in [2.24, 2.45) is 29.6 Å². The van der Waals surface area contributed by atoms with E-state index in [0.29, 0.717) is 18.3 Å². The summed E-state index contributed by atoms with van der Waals surface area (Å²) in [7, 11) is 0. The zero-order valence-corrected chi connectivity index (χ0v) is 26.8. The number of aliphatic carboxylic acids is 1. The first kappa shape index (κ1) is 35.1. The smallest absolute Gasteiger partial charge is 0.303 e. The van der Waals surface area contributed by atoms with Gasteiger partial charge in [-0.3, -0.25) is 4.79 Å². The number of hydrogen-bond acceptors (Lipinski definition) is 2. The zero-order chi connectivity index (χ0) is 29.0. The molecule has 6 unspecified atom stereocenters. The summed E-state index contributed by atoms with van der Waals surface area (Å²) in [5.41, 5.74) is 1.81. The summed E-state index contributed by atoms with van der Waals surface area (Å²) in [5, 5.41) is 18.4. The largest absolute Gasteiger partial charge is 0.481 e. The molecule has 2 rings (SSSR count). The Bertz CT molecular complexity index is 708. The maximum absolute atomic E-state index is 10.8. The highest BCUT2D eigenvalue weighted by Crippen LogP contribution is 2.48. The average Bonchev–Trinajstić information content (AvgIpc) is 2.92. The van der Waals surface area contributed by atoms with Gasteiger partial charge in [0.25, 0.3) is 0 Å². The topological polar surface area (TPSA) is 57.5 Å². The molecular weight excluding hydrogens is 492 g/mol. The van der Waals surface area contributed by atoms with E-state index in [1.54, 1.807) is 0 Å². The van der Waals surface area contributed by atoms with Crippen LogP contribution in [0, 0.1) is 29.6 Å². The number of hydrogen-bond donors (Lipinski definition) is 2. The molecule has 3 nitrogen and oxygen atoms in total. The van der Waals surface area contributed by atoms with Gasteiger partial charge in [0.1, 0.15) is 0 Å². The summed E-state index contributed by atoms with van der Waals surface area (Å²) in [5.74, 6) is 3.08. The maximum atomic E-state index is 10.8. The Morgan fingerprint density at radius 2 is 1.32 bits per heavy atom. The Hall–Kier alpha value is -1.09. The summed E-state index contributed by atoms with van der Waals surface area (Å²) in [6.07, 6.45) is 36.1. The van der Waals surface area contributed by atoms with Crippen molar-refractivity contribution in [3.8, 4) is 0 Å². The number of allylic oxidation sites excluding steroid dienone is 4. The number of carboxylic acid groups (broad SMARTS) is 1. The normalized spacial score (nSPS) is 25.0. The molecular formula is C37H66O3. The van der Waals surface area contributed by atoms with Crippen molar-refractivity contribution in [1.29, 1.82) is 0 Å². The van der Waals surface area contributed by atoms with Crippen molar-refractivity contribution < 1.29 is 15.0 Å². The predicted molar refractivity (Wildman–Crippen MR) is 172 cm³/mol. The van der Waals surface area contributed by atoms with Gasteiger partial charge in [0.15, 0.2) is 0 Å². The number of unbranched alkanes of at least 4 members (excludes halogenated alkanes) is 12. The molecule has 232 valence electrons. The lowest BCUT2D eigenvalue weighted by atomic mass is 9.62. The van der Waals surface area contributed by atoms with E-state index in [2.05, 4.69) is 32.1 Å². The van der Waals surface area contributed by atoms with Gasteiger partial charge in [-0.1, -0.05) is 134 Å². The summed E-state index contributed by atoms with van der Waals surface area (Å²) in [6, 6.07) is 0. The van der Waals surface area contributed by atoms with E-state index < -0.39 is 5.97 Å². The second-order valence-corrected chi connectivity index (χ2v) is 13.5. The third-order valence-electron chi connectivity index (χ3n) is 9.92. The minimum Gasteiger partial charge on any atom is -0.481 e. The van der Waals surface area contributed by atoms with Crippen LogP contribution in [-0.4, -0.2) is 22.3 Å². The molecule has 0 aliphatic heterocycles. The van der Waals surface area contributed by atoms with Crippen LogP contribution >= 0.6 is 0 Å². The third kappa shape index (κ3) is 14.2. The first-order chi connectivity index (χ1) is 19.5. The molecule has 0 radical (unpaired) electrons. The molecule has 0 aromatic heterocycles. The molecule has 2 aliphatic carbocycles. The molecule has 0 saturated carbocycles. The van der Waals surface area contributed by atoms with Crippen molar-refractivity contribution >= 4 is 5.97 Å². The summed E-state index contributed by atoms with van der Waals surface area (Å²) in [4.78, 5) is 10.8. The van der Waals surface area contributed by atoms with Crippen LogP contribution in [0.2, 0.25) is 0 Å². The highest BCUT2D eigenvalue weighted by molar-refractivity contribution is 5.66. The van der Waals surface area contributed by atoms with Crippen molar-refractivity contribution in [3.05, 3.63) is 23.8 Å². The van der Waals surface area contributed by atoms with Crippen LogP contribution in [0.4, 0.5) is 0 Å². The lowest BCUT2D eigenvalue weighted by molar-refractivity contribution is -0.137. The van der Waals surface area contributed by atoms with E-state index in [0.717, 1.165) is 43.4 Å². The van der Waals surface area contributed by atoms with Crippen molar-refractivity contribution in [2.45, 2.75) is 175 Å². The molecule has 0 amide bonds. The van der Waals surface area contributed by atoms with Crippen molar-refractivity contribution in [3.63, 3.8) is 0 Å². The Morgan fingerprint density at radius 1 is 0.750 bits per heavy atom. The molecule has 6 atom stereocenters. The van der Waals surface area contributed by atoms with Gasteiger partial charge in [-0.25, -0.2) is 0 Å². The molecule has 0 bridgehead atoms. The Morgan fingerprint density at radius 3 is 2.00 bits per heavy atom. The highest BCUT2D eigenvalue weighted by atomic mass is 16.4. The van der Waals surface area contributed by atoms with E-state index in [1.165, 1.54) is 116 Å². The fraction of sp³-hybridized carbons (Fsp3) is 0.865. The summed E-state index contributed by atoms with van der Waals surface area (Å²) in [6.45, 7) is 6.56. The van der Waals surface area contributed by atoms with Crippen LogP contribution in [0.1, 0.15) is 168 Å². The van der Waals surface area contributed by atoms with E-state index >= 15 is 0 Å². The Kier molecular flexibility index (Phi) is 18.9. The first-order valence-corrected chi connectivity index (χ1v) is 17.8. The van der Waals surface area contributed by atoms with E-state index in [9.17, 15) is 9.90 Å². The Balaban J connectivity index is 2.02. The Labute approximate surface area is 248 Å². The van der Waals surface area contributed by atoms with E-state index in [-0.39, 0.29) is 6.10 Å².